The fraction of sp³-hybridized carbons (Fsp3) is 0.250. The molecule has 0 spiro atoms. The molecule has 170 valence electrons. The number of rotatable bonds is 8. The van der Waals surface area contributed by atoms with Crippen molar-refractivity contribution in [3.8, 4) is 5.69 Å². The van der Waals surface area contributed by atoms with Gasteiger partial charge in [-0.1, -0.05) is 36.6 Å². The molecule has 0 saturated heterocycles. The second kappa shape index (κ2) is 9.46. The maximum absolute atomic E-state index is 12.9. The standard InChI is InChI=1S/C24H24ClN5O3/c1-3-4-21-19(11-23(31)32)18-9-15(2)5-8-22(18)30(21)12-26-24(33)17-7-6-16(10-20(17)25)29-13-27-28-14-29/h5-10,13-14H,3-4,11-12H2,1-2H3,(H,26,33)(H,31,32). The van der Waals surface area contributed by atoms with Crippen LogP contribution in [-0.4, -0.2) is 36.3 Å². The Morgan fingerprint density at radius 2 is 1.88 bits per heavy atom. The van der Waals surface area contributed by atoms with E-state index < -0.39 is 5.97 Å². The van der Waals surface area contributed by atoms with Crippen molar-refractivity contribution in [2.75, 3.05) is 0 Å². The van der Waals surface area contributed by atoms with E-state index in [1.807, 2.05) is 36.6 Å². The zero-order valence-corrected chi connectivity index (χ0v) is 19.1. The molecule has 33 heavy (non-hydrogen) atoms. The smallest absolute Gasteiger partial charge is 0.307 e. The fourth-order valence-corrected chi connectivity index (χ4v) is 4.33. The molecule has 8 nitrogen and oxygen atoms in total. The second-order valence-electron chi connectivity index (χ2n) is 7.89. The molecular formula is C24H24ClN5O3. The third kappa shape index (κ3) is 4.61. The number of nitrogens with zero attached hydrogens (tertiary/aromatic N) is 4. The van der Waals surface area contributed by atoms with Crippen molar-refractivity contribution >= 4 is 34.4 Å². The number of carboxylic acid groups (broad SMARTS) is 1. The largest absolute Gasteiger partial charge is 0.481 e. The molecule has 0 aliphatic rings. The summed E-state index contributed by atoms with van der Waals surface area (Å²) in [4.78, 5) is 24.5. The molecule has 4 rings (SSSR count). The van der Waals surface area contributed by atoms with Gasteiger partial charge in [0.15, 0.2) is 0 Å². The van der Waals surface area contributed by atoms with Gasteiger partial charge >= 0.3 is 5.97 Å². The van der Waals surface area contributed by atoms with Gasteiger partial charge in [-0.25, -0.2) is 0 Å². The van der Waals surface area contributed by atoms with Crippen molar-refractivity contribution in [2.45, 2.75) is 39.8 Å². The molecule has 0 bridgehead atoms. The Bertz CT molecular complexity index is 1330. The van der Waals surface area contributed by atoms with Crippen LogP contribution in [-0.2, 0) is 24.3 Å². The summed E-state index contributed by atoms with van der Waals surface area (Å²) in [6, 6.07) is 11.1. The van der Waals surface area contributed by atoms with Gasteiger partial charge in [-0.2, -0.15) is 0 Å². The van der Waals surface area contributed by atoms with Gasteiger partial charge in [0.2, 0.25) is 0 Å². The van der Waals surface area contributed by atoms with Crippen LogP contribution in [0.5, 0.6) is 0 Å². The van der Waals surface area contributed by atoms with Crippen LogP contribution in [0.15, 0.2) is 49.1 Å². The molecule has 2 aromatic heterocycles. The number of hydrogen-bond acceptors (Lipinski definition) is 4. The minimum absolute atomic E-state index is 0.0629. The fourth-order valence-electron chi connectivity index (χ4n) is 4.07. The highest BCUT2D eigenvalue weighted by Crippen LogP contribution is 2.29. The third-order valence-corrected chi connectivity index (χ3v) is 5.88. The summed E-state index contributed by atoms with van der Waals surface area (Å²) in [5.41, 5.74) is 4.77. The number of fused-ring (bicyclic) bond motifs is 1. The van der Waals surface area contributed by atoms with E-state index in [0.29, 0.717) is 17.0 Å². The van der Waals surface area contributed by atoms with Gasteiger partial charge in [0, 0.05) is 16.8 Å². The van der Waals surface area contributed by atoms with E-state index in [4.69, 9.17) is 11.6 Å². The first kappa shape index (κ1) is 22.5. The number of carbonyl (C=O) groups excluding carboxylic acids is 1. The molecule has 0 fully saturated rings. The molecule has 4 aromatic rings. The summed E-state index contributed by atoms with van der Waals surface area (Å²) >= 11 is 6.39. The average Bonchev–Trinajstić information content (AvgIpc) is 3.40. The lowest BCUT2D eigenvalue weighted by atomic mass is 10.0. The van der Waals surface area contributed by atoms with Crippen LogP contribution in [0.1, 0.15) is 40.5 Å². The first-order valence-corrected chi connectivity index (χ1v) is 11.0. The lowest BCUT2D eigenvalue weighted by Gasteiger charge is -2.14. The molecule has 1 amide bonds. The van der Waals surface area contributed by atoms with E-state index in [1.165, 1.54) is 0 Å². The Morgan fingerprint density at radius 1 is 1.12 bits per heavy atom. The molecule has 0 aliphatic carbocycles. The van der Waals surface area contributed by atoms with Gasteiger partial charge < -0.3 is 15.0 Å². The molecule has 0 saturated carbocycles. The second-order valence-corrected chi connectivity index (χ2v) is 8.30. The predicted molar refractivity (Wildman–Crippen MR) is 126 cm³/mol. The van der Waals surface area contributed by atoms with Gasteiger partial charge in [0.25, 0.3) is 5.91 Å². The highest BCUT2D eigenvalue weighted by atomic mass is 35.5. The molecule has 9 heteroatoms. The van der Waals surface area contributed by atoms with Crippen LogP contribution in [0.2, 0.25) is 5.02 Å². The van der Waals surface area contributed by atoms with Crippen LogP contribution in [0.4, 0.5) is 0 Å². The van der Waals surface area contributed by atoms with Gasteiger partial charge in [0.1, 0.15) is 12.7 Å². The minimum Gasteiger partial charge on any atom is -0.481 e. The van der Waals surface area contributed by atoms with E-state index in [-0.39, 0.29) is 19.0 Å². The van der Waals surface area contributed by atoms with Gasteiger partial charge in [-0.05, 0) is 49.2 Å². The molecule has 2 aromatic carbocycles. The Hall–Kier alpha value is -3.65. The Kier molecular flexibility index (Phi) is 6.46. The third-order valence-electron chi connectivity index (χ3n) is 5.57. The van der Waals surface area contributed by atoms with Gasteiger partial charge in [-0.15, -0.1) is 10.2 Å². The number of nitrogens with one attached hydrogen (secondary N) is 1. The minimum atomic E-state index is -0.878. The maximum atomic E-state index is 12.9. The number of benzene rings is 2. The summed E-state index contributed by atoms with van der Waals surface area (Å²) in [5, 5.41) is 21.2. The van der Waals surface area contributed by atoms with Crippen LogP contribution in [0, 0.1) is 6.92 Å². The van der Waals surface area contributed by atoms with Crippen molar-refractivity contribution in [2.24, 2.45) is 0 Å². The van der Waals surface area contributed by atoms with Gasteiger partial charge in [0.05, 0.1) is 29.2 Å². The highest BCUT2D eigenvalue weighted by Gasteiger charge is 2.20. The zero-order valence-electron chi connectivity index (χ0n) is 18.4. The average molecular weight is 466 g/mol. The molecule has 0 radical (unpaired) electrons. The molecule has 2 heterocycles. The normalized spacial score (nSPS) is 11.1. The van der Waals surface area contributed by atoms with E-state index >= 15 is 0 Å². The van der Waals surface area contributed by atoms with Crippen LogP contribution >= 0.6 is 11.6 Å². The first-order chi connectivity index (χ1) is 15.9. The lowest BCUT2D eigenvalue weighted by Crippen LogP contribution is -2.27. The van der Waals surface area contributed by atoms with Gasteiger partial charge in [-0.3, -0.25) is 14.2 Å². The Morgan fingerprint density at radius 3 is 2.55 bits per heavy atom. The van der Waals surface area contributed by atoms with E-state index in [1.54, 1.807) is 35.4 Å². The Labute approximate surface area is 195 Å². The van der Waals surface area contributed by atoms with Crippen molar-refractivity contribution in [1.82, 2.24) is 24.6 Å². The number of carbonyl (C=O) groups is 2. The van der Waals surface area contributed by atoms with Crippen molar-refractivity contribution in [3.05, 3.63) is 76.5 Å². The number of carboxylic acids is 1. The number of hydrogen-bond donors (Lipinski definition) is 2. The maximum Gasteiger partial charge on any atom is 0.307 e. The summed E-state index contributed by atoms with van der Waals surface area (Å²) in [6.07, 6.45) is 4.60. The number of aryl methyl sites for hydroxylation is 1. The molecule has 0 aliphatic heterocycles. The van der Waals surface area contributed by atoms with Crippen LogP contribution < -0.4 is 5.32 Å². The van der Waals surface area contributed by atoms with Crippen molar-refractivity contribution in [3.63, 3.8) is 0 Å². The number of aromatic nitrogens is 4. The molecule has 0 unspecified atom stereocenters. The number of halogens is 1. The van der Waals surface area contributed by atoms with Crippen LogP contribution in [0.3, 0.4) is 0 Å². The predicted octanol–water partition coefficient (Wildman–Crippen LogP) is 4.15. The van der Waals surface area contributed by atoms with Crippen molar-refractivity contribution < 1.29 is 14.7 Å². The molecule has 0 atom stereocenters. The van der Waals surface area contributed by atoms with E-state index in [0.717, 1.165) is 39.8 Å². The summed E-state index contributed by atoms with van der Waals surface area (Å²) in [5.74, 6) is -1.19. The SMILES string of the molecule is CCCc1c(CC(=O)O)c2cc(C)ccc2n1CNC(=O)c1ccc(-n2cnnc2)cc1Cl. The molecule has 2 N–H and O–H groups in total. The topological polar surface area (TPSA) is 102 Å². The number of amides is 1. The van der Waals surface area contributed by atoms with E-state index in [9.17, 15) is 14.7 Å². The van der Waals surface area contributed by atoms with E-state index in [2.05, 4.69) is 15.5 Å². The monoisotopic (exact) mass is 465 g/mol. The van der Waals surface area contributed by atoms with Crippen molar-refractivity contribution in [1.29, 1.82) is 0 Å². The Balaban J connectivity index is 1.64. The zero-order chi connectivity index (χ0) is 23.5. The molecular weight excluding hydrogens is 442 g/mol. The summed E-state index contributed by atoms with van der Waals surface area (Å²) in [6.45, 7) is 4.23. The quantitative estimate of drug-likeness (QED) is 0.407. The first-order valence-electron chi connectivity index (χ1n) is 10.6. The summed E-state index contributed by atoms with van der Waals surface area (Å²) < 4.78 is 3.69. The number of aliphatic carboxylic acids is 1. The highest BCUT2D eigenvalue weighted by molar-refractivity contribution is 6.34. The lowest BCUT2D eigenvalue weighted by molar-refractivity contribution is -0.136. The van der Waals surface area contributed by atoms with Crippen LogP contribution in [0.25, 0.3) is 16.6 Å². The summed E-state index contributed by atoms with van der Waals surface area (Å²) in [7, 11) is 0.